The molecule has 1 N–H and O–H groups in total. The van der Waals surface area contributed by atoms with E-state index in [0.29, 0.717) is 30.1 Å². The molecule has 6 nitrogen and oxygen atoms in total. The second-order valence-corrected chi connectivity index (χ2v) is 9.59. The minimum absolute atomic E-state index is 0.203. The predicted molar refractivity (Wildman–Crippen MR) is 130 cm³/mol. The highest BCUT2D eigenvalue weighted by atomic mass is 19.1. The van der Waals surface area contributed by atoms with Gasteiger partial charge in [-0.1, -0.05) is 19.3 Å². The van der Waals surface area contributed by atoms with Crippen LogP contribution in [0.3, 0.4) is 0 Å². The highest BCUT2D eigenvalue weighted by molar-refractivity contribution is 5.92. The molecular formula is C27H33FN4O2. The minimum atomic E-state index is -0.281. The lowest BCUT2D eigenvalue weighted by Gasteiger charge is -2.33. The average molecular weight is 465 g/mol. The molecule has 1 aliphatic carbocycles. The van der Waals surface area contributed by atoms with Crippen LogP contribution in [-0.2, 0) is 0 Å². The third kappa shape index (κ3) is 4.80. The number of hydrogen-bond acceptors (Lipinski definition) is 4. The van der Waals surface area contributed by atoms with Crippen molar-refractivity contribution in [3.8, 4) is 22.7 Å². The fourth-order valence-corrected chi connectivity index (χ4v) is 5.36. The first kappa shape index (κ1) is 22.8. The summed E-state index contributed by atoms with van der Waals surface area (Å²) in [6, 6.07) is 10.9. The highest BCUT2D eigenvalue weighted by Crippen LogP contribution is 2.39. The second kappa shape index (κ2) is 10.1. The SMILES string of the molecule is C[C@H]1CCCCN1CCNC(=O)c1ccc(-c2c(-c3ccc(F)cc3)ncn2C2CCCC2)o1. The Kier molecular flexibility index (Phi) is 6.81. The van der Waals surface area contributed by atoms with Crippen molar-refractivity contribution in [3.05, 3.63) is 54.3 Å². The van der Waals surface area contributed by atoms with Crippen LogP contribution in [-0.4, -0.2) is 46.0 Å². The molecule has 3 heterocycles. The van der Waals surface area contributed by atoms with Crippen LogP contribution in [0.25, 0.3) is 22.7 Å². The Hall–Kier alpha value is -2.93. The maximum atomic E-state index is 13.5. The Morgan fingerprint density at radius 2 is 1.85 bits per heavy atom. The fourth-order valence-electron chi connectivity index (χ4n) is 5.36. The monoisotopic (exact) mass is 464 g/mol. The molecule has 0 radical (unpaired) electrons. The topological polar surface area (TPSA) is 63.3 Å². The van der Waals surface area contributed by atoms with Gasteiger partial charge < -0.3 is 14.3 Å². The number of nitrogens with one attached hydrogen (secondary N) is 1. The summed E-state index contributed by atoms with van der Waals surface area (Å²) in [6.07, 6.45) is 10.2. The van der Waals surface area contributed by atoms with E-state index in [1.807, 2.05) is 12.4 Å². The number of halogens is 1. The van der Waals surface area contributed by atoms with Crippen LogP contribution in [0.2, 0.25) is 0 Å². The Morgan fingerprint density at radius 3 is 2.62 bits per heavy atom. The number of imidazole rings is 1. The van der Waals surface area contributed by atoms with Crippen LogP contribution in [0, 0.1) is 5.82 Å². The van der Waals surface area contributed by atoms with E-state index in [1.165, 1.54) is 44.2 Å². The van der Waals surface area contributed by atoms with Gasteiger partial charge in [0.25, 0.3) is 5.91 Å². The quantitative estimate of drug-likeness (QED) is 0.489. The van der Waals surface area contributed by atoms with E-state index in [9.17, 15) is 9.18 Å². The molecule has 1 amide bonds. The summed E-state index contributed by atoms with van der Waals surface area (Å²) < 4.78 is 21.8. The third-order valence-electron chi connectivity index (χ3n) is 7.32. The number of carbonyl (C=O) groups is 1. The maximum absolute atomic E-state index is 13.5. The van der Waals surface area contributed by atoms with Crippen molar-refractivity contribution < 1.29 is 13.6 Å². The number of nitrogens with zero attached hydrogens (tertiary/aromatic N) is 3. The number of hydrogen-bond donors (Lipinski definition) is 1. The molecule has 2 aliphatic rings. The van der Waals surface area contributed by atoms with E-state index >= 15 is 0 Å². The molecule has 180 valence electrons. The van der Waals surface area contributed by atoms with Gasteiger partial charge >= 0.3 is 0 Å². The van der Waals surface area contributed by atoms with E-state index < -0.39 is 0 Å². The zero-order chi connectivity index (χ0) is 23.5. The highest BCUT2D eigenvalue weighted by Gasteiger charge is 2.26. The summed E-state index contributed by atoms with van der Waals surface area (Å²) in [7, 11) is 0. The van der Waals surface area contributed by atoms with Gasteiger partial charge in [0.15, 0.2) is 11.5 Å². The van der Waals surface area contributed by atoms with Crippen molar-refractivity contribution in [2.45, 2.75) is 64.0 Å². The molecule has 5 rings (SSSR count). The molecule has 34 heavy (non-hydrogen) atoms. The van der Waals surface area contributed by atoms with Crippen molar-refractivity contribution >= 4 is 5.91 Å². The first-order valence-electron chi connectivity index (χ1n) is 12.6. The first-order valence-corrected chi connectivity index (χ1v) is 12.6. The molecule has 1 aliphatic heterocycles. The summed E-state index contributed by atoms with van der Waals surface area (Å²) in [5, 5.41) is 3.01. The van der Waals surface area contributed by atoms with Gasteiger partial charge in [0, 0.05) is 30.7 Å². The smallest absolute Gasteiger partial charge is 0.287 e. The lowest BCUT2D eigenvalue weighted by molar-refractivity contribution is 0.0912. The van der Waals surface area contributed by atoms with Gasteiger partial charge in [-0.2, -0.15) is 0 Å². The summed E-state index contributed by atoms with van der Waals surface area (Å²) in [6.45, 7) is 4.80. The molecular weight excluding hydrogens is 431 g/mol. The standard InChI is InChI=1S/C27H33FN4O2/c1-19-6-4-5-16-31(19)17-15-29-27(33)24-14-13-23(34-24)26-25(20-9-11-21(28)12-10-20)30-18-32(26)22-7-2-3-8-22/h9-14,18-19,22H,2-8,15-17H2,1H3,(H,29,33)/t19-/m0/s1. The van der Waals surface area contributed by atoms with Gasteiger partial charge in [-0.3, -0.25) is 9.69 Å². The van der Waals surface area contributed by atoms with Crippen LogP contribution in [0.1, 0.15) is 68.5 Å². The number of aromatic nitrogens is 2. The maximum Gasteiger partial charge on any atom is 0.287 e. The van der Waals surface area contributed by atoms with Crippen LogP contribution in [0.5, 0.6) is 0 Å². The summed E-state index contributed by atoms with van der Waals surface area (Å²) in [5.41, 5.74) is 2.41. The van der Waals surface area contributed by atoms with Crippen molar-refractivity contribution in [1.29, 1.82) is 0 Å². The number of benzene rings is 1. The van der Waals surface area contributed by atoms with E-state index in [2.05, 4.69) is 26.7 Å². The van der Waals surface area contributed by atoms with Crippen LogP contribution in [0.15, 0.2) is 47.1 Å². The molecule has 2 fully saturated rings. The number of carbonyl (C=O) groups excluding carboxylic acids is 1. The normalized spacial score (nSPS) is 19.5. The molecule has 1 saturated carbocycles. The van der Waals surface area contributed by atoms with Gasteiger partial charge in [0.1, 0.15) is 11.5 Å². The van der Waals surface area contributed by atoms with Gasteiger partial charge in [-0.15, -0.1) is 0 Å². The van der Waals surface area contributed by atoms with Gasteiger partial charge in [0.05, 0.1) is 12.0 Å². The van der Waals surface area contributed by atoms with Crippen LogP contribution >= 0.6 is 0 Å². The lowest BCUT2D eigenvalue weighted by atomic mass is 10.0. The summed E-state index contributed by atoms with van der Waals surface area (Å²) in [4.78, 5) is 19.9. The predicted octanol–water partition coefficient (Wildman–Crippen LogP) is 5.67. The Morgan fingerprint density at radius 1 is 1.09 bits per heavy atom. The van der Waals surface area contributed by atoms with Gasteiger partial charge in [-0.05, 0) is 75.5 Å². The van der Waals surface area contributed by atoms with E-state index in [-0.39, 0.29) is 11.7 Å². The zero-order valence-electron chi connectivity index (χ0n) is 19.8. The van der Waals surface area contributed by atoms with Crippen LogP contribution < -0.4 is 5.32 Å². The molecule has 0 spiro atoms. The average Bonchev–Trinajstić information content (AvgIpc) is 3.60. The molecule has 1 saturated heterocycles. The molecule has 0 bridgehead atoms. The molecule has 2 aromatic heterocycles. The minimum Gasteiger partial charge on any atom is -0.449 e. The number of amides is 1. The van der Waals surface area contributed by atoms with E-state index in [1.54, 1.807) is 18.2 Å². The molecule has 7 heteroatoms. The van der Waals surface area contributed by atoms with Gasteiger partial charge in [-0.25, -0.2) is 9.37 Å². The second-order valence-electron chi connectivity index (χ2n) is 9.59. The lowest BCUT2D eigenvalue weighted by Crippen LogP contribution is -2.42. The van der Waals surface area contributed by atoms with E-state index in [4.69, 9.17) is 4.42 Å². The van der Waals surface area contributed by atoms with Crippen molar-refractivity contribution in [2.75, 3.05) is 19.6 Å². The Balaban J connectivity index is 1.35. The molecule has 3 aromatic rings. The van der Waals surface area contributed by atoms with Gasteiger partial charge in [0.2, 0.25) is 0 Å². The van der Waals surface area contributed by atoms with Crippen molar-refractivity contribution in [2.24, 2.45) is 0 Å². The summed E-state index contributed by atoms with van der Waals surface area (Å²) >= 11 is 0. The summed E-state index contributed by atoms with van der Waals surface area (Å²) in [5.74, 6) is 0.423. The first-order chi connectivity index (χ1) is 16.6. The fraction of sp³-hybridized carbons (Fsp3) is 0.481. The number of piperidine rings is 1. The van der Waals surface area contributed by atoms with Crippen LogP contribution in [0.4, 0.5) is 4.39 Å². The molecule has 0 unspecified atom stereocenters. The van der Waals surface area contributed by atoms with Crippen molar-refractivity contribution in [3.63, 3.8) is 0 Å². The Bertz CT molecular complexity index is 1110. The number of rotatable bonds is 7. The largest absolute Gasteiger partial charge is 0.449 e. The number of furan rings is 1. The van der Waals surface area contributed by atoms with E-state index in [0.717, 1.165) is 42.9 Å². The third-order valence-corrected chi connectivity index (χ3v) is 7.32. The van der Waals surface area contributed by atoms with Crippen molar-refractivity contribution in [1.82, 2.24) is 19.8 Å². The zero-order valence-corrected chi connectivity index (χ0v) is 19.8. The Labute approximate surface area is 200 Å². The molecule has 1 aromatic carbocycles. The number of likely N-dealkylation sites (tertiary alicyclic amines) is 1. The molecule has 1 atom stereocenters.